The van der Waals surface area contributed by atoms with Crippen LogP contribution in [0.4, 0.5) is 0 Å². The third-order valence-electron chi connectivity index (χ3n) is 3.76. The van der Waals surface area contributed by atoms with Crippen molar-refractivity contribution in [3.05, 3.63) is 39.4 Å². The number of aromatic amines is 1. The van der Waals surface area contributed by atoms with Gasteiger partial charge >= 0.3 is 0 Å². The van der Waals surface area contributed by atoms with E-state index in [4.69, 9.17) is 0 Å². The highest BCUT2D eigenvalue weighted by Crippen LogP contribution is 2.32. The molecule has 1 aromatic rings. The Morgan fingerprint density at radius 3 is 2.42 bits per heavy atom. The monoisotopic (exact) mass is 384 g/mol. The predicted octanol–water partition coefficient (Wildman–Crippen LogP) is 5.40. The van der Waals surface area contributed by atoms with Crippen molar-refractivity contribution < 1.29 is 0 Å². The largest absolute Gasteiger partial charge is 0.358 e. The predicted molar refractivity (Wildman–Crippen MR) is 90.2 cm³/mol. The first-order valence-electron chi connectivity index (χ1n) is 6.40. The van der Waals surface area contributed by atoms with Gasteiger partial charge in [0, 0.05) is 16.7 Å². The van der Waals surface area contributed by atoms with Crippen LogP contribution in [0.5, 0.6) is 0 Å². The second-order valence-corrected chi connectivity index (χ2v) is 6.10. The maximum absolute atomic E-state index is 4.61. The Balaban J connectivity index is 2.49. The summed E-state index contributed by atoms with van der Waals surface area (Å²) in [6.45, 7) is 8.59. The van der Waals surface area contributed by atoms with Gasteiger partial charge in [0.25, 0.3) is 0 Å². The zero-order chi connectivity index (χ0) is 14.2. The lowest BCUT2D eigenvalue weighted by Gasteiger charge is -2.01. The van der Waals surface area contributed by atoms with Gasteiger partial charge in [0.1, 0.15) is 4.62 Å². The topological polar surface area (TPSA) is 28.1 Å². The highest BCUT2D eigenvalue weighted by Gasteiger charge is 2.18. The van der Waals surface area contributed by atoms with E-state index in [1.807, 2.05) is 0 Å². The van der Waals surface area contributed by atoms with Crippen molar-refractivity contribution in [1.29, 1.82) is 0 Å². The number of aliphatic imine (C=N–C) groups is 1. The van der Waals surface area contributed by atoms with Crippen LogP contribution < -0.4 is 0 Å². The third kappa shape index (κ3) is 2.65. The molecule has 1 N–H and O–H groups in total. The number of H-pyrrole nitrogens is 1. The fourth-order valence-corrected chi connectivity index (χ4v) is 3.32. The van der Waals surface area contributed by atoms with Gasteiger partial charge in [-0.05, 0) is 71.5 Å². The molecule has 2 nitrogen and oxygen atoms in total. The van der Waals surface area contributed by atoms with Gasteiger partial charge in [-0.3, -0.25) is 0 Å². The number of nitrogens with zero attached hydrogens (tertiary/aromatic N) is 1. The Morgan fingerprint density at radius 1 is 1.21 bits per heavy atom. The molecule has 1 aliphatic rings. The Morgan fingerprint density at radius 2 is 1.89 bits per heavy atom. The molecule has 0 unspecified atom stereocenters. The fourth-order valence-electron chi connectivity index (χ4n) is 2.33. The van der Waals surface area contributed by atoms with E-state index in [9.17, 15) is 0 Å². The van der Waals surface area contributed by atoms with Gasteiger partial charge in [-0.25, -0.2) is 4.99 Å². The van der Waals surface area contributed by atoms with Crippen molar-refractivity contribution in [2.24, 2.45) is 4.99 Å². The molecule has 2 heterocycles. The number of allylic oxidation sites excluding steroid dienone is 2. The first kappa shape index (κ1) is 14.8. The molecule has 1 aliphatic heterocycles. The lowest BCUT2D eigenvalue weighted by Crippen LogP contribution is -1.87. The van der Waals surface area contributed by atoms with Crippen molar-refractivity contribution in [3.8, 4) is 0 Å². The molecule has 19 heavy (non-hydrogen) atoms. The molecule has 1 aromatic heterocycles. The molecule has 0 fully saturated rings. The van der Waals surface area contributed by atoms with Crippen LogP contribution in [0, 0.1) is 13.8 Å². The van der Waals surface area contributed by atoms with Crippen LogP contribution in [0.3, 0.4) is 0 Å². The molecule has 0 amide bonds. The van der Waals surface area contributed by atoms with E-state index in [-0.39, 0.29) is 0 Å². The maximum Gasteiger partial charge on any atom is 0.110 e. The van der Waals surface area contributed by atoms with Gasteiger partial charge in [0.05, 0.1) is 5.70 Å². The Labute approximate surface area is 131 Å². The Bertz CT molecular complexity index is 604. The summed E-state index contributed by atoms with van der Waals surface area (Å²) >= 11 is 7.04. The van der Waals surface area contributed by atoms with E-state index in [2.05, 4.69) is 75.6 Å². The summed E-state index contributed by atoms with van der Waals surface area (Å²) in [4.78, 5) is 8.08. The van der Waals surface area contributed by atoms with Gasteiger partial charge in [-0.15, -0.1) is 0 Å². The highest BCUT2D eigenvalue weighted by molar-refractivity contribution is 9.18. The van der Waals surface area contributed by atoms with Gasteiger partial charge in [-0.1, -0.05) is 22.9 Å². The maximum atomic E-state index is 4.61. The molecular formula is C15H18Br2N2. The van der Waals surface area contributed by atoms with Crippen molar-refractivity contribution in [3.63, 3.8) is 0 Å². The van der Waals surface area contributed by atoms with Crippen LogP contribution in [-0.4, -0.2) is 9.60 Å². The summed E-state index contributed by atoms with van der Waals surface area (Å²) < 4.78 is 0.956. The van der Waals surface area contributed by atoms with Gasteiger partial charge < -0.3 is 4.98 Å². The number of hydrogen-bond acceptors (Lipinski definition) is 1. The quantitative estimate of drug-likeness (QED) is 0.674. The molecule has 0 aromatic carbocycles. The second kappa shape index (κ2) is 5.80. The normalized spacial score (nSPS) is 17.6. The van der Waals surface area contributed by atoms with E-state index in [1.54, 1.807) is 0 Å². The van der Waals surface area contributed by atoms with E-state index >= 15 is 0 Å². The molecule has 0 spiro atoms. The minimum atomic E-state index is 0.852. The highest BCUT2D eigenvalue weighted by atomic mass is 79.9. The molecule has 2 rings (SSSR count). The van der Waals surface area contributed by atoms with Crippen molar-refractivity contribution >= 4 is 42.6 Å². The molecular weight excluding hydrogens is 368 g/mol. The average Bonchev–Trinajstić information content (AvgIpc) is 2.81. The SMILES string of the molecule is CCC1=C(C)C(Br)=N/C1=C\c1[nH]c(CBr)c(C)c1C. The van der Waals surface area contributed by atoms with Crippen molar-refractivity contribution in [1.82, 2.24) is 4.98 Å². The Hall–Kier alpha value is -0.610. The molecule has 0 aliphatic carbocycles. The van der Waals surface area contributed by atoms with E-state index in [1.165, 1.54) is 28.0 Å². The molecule has 0 saturated carbocycles. The summed E-state index contributed by atoms with van der Waals surface area (Å²) in [5.41, 5.74) is 8.65. The zero-order valence-corrected chi connectivity index (χ0v) is 14.9. The van der Waals surface area contributed by atoms with Gasteiger partial charge in [0.2, 0.25) is 0 Å². The van der Waals surface area contributed by atoms with E-state index < -0.39 is 0 Å². The summed E-state index contributed by atoms with van der Waals surface area (Å²) in [6.07, 6.45) is 3.16. The van der Waals surface area contributed by atoms with Gasteiger partial charge in [0.15, 0.2) is 0 Å². The molecule has 0 bridgehead atoms. The van der Waals surface area contributed by atoms with Crippen LogP contribution in [0.15, 0.2) is 21.8 Å². The van der Waals surface area contributed by atoms with Crippen molar-refractivity contribution in [2.75, 3.05) is 0 Å². The number of rotatable bonds is 3. The minimum absolute atomic E-state index is 0.852. The lowest BCUT2D eigenvalue weighted by molar-refractivity contribution is 1.10. The number of aromatic nitrogens is 1. The number of hydrogen-bond donors (Lipinski definition) is 1. The number of nitrogens with one attached hydrogen (secondary N) is 1. The van der Waals surface area contributed by atoms with Crippen LogP contribution in [-0.2, 0) is 5.33 Å². The van der Waals surface area contributed by atoms with Crippen LogP contribution in [0.1, 0.15) is 42.8 Å². The van der Waals surface area contributed by atoms with Gasteiger partial charge in [-0.2, -0.15) is 0 Å². The summed E-state index contributed by atoms with van der Waals surface area (Å²) in [7, 11) is 0. The molecule has 4 heteroatoms. The molecule has 102 valence electrons. The minimum Gasteiger partial charge on any atom is -0.358 e. The smallest absolute Gasteiger partial charge is 0.110 e. The molecule has 0 radical (unpaired) electrons. The summed E-state index contributed by atoms with van der Waals surface area (Å²) in [5, 5.41) is 0.852. The standard InChI is InChI=1S/C15H18Br2N2/c1-5-11-10(4)15(17)19-13(11)6-12-8(2)9(3)14(7-16)18-12/h6,18H,5,7H2,1-4H3/b13-6-. The summed E-state index contributed by atoms with van der Waals surface area (Å²) in [5.74, 6) is 0. The van der Waals surface area contributed by atoms with Crippen LogP contribution >= 0.6 is 31.9 Å². The van der Waals surface area contributed by atoms with E-state index in [0.717, 1.165) is 27.8 Å². The van der Waals surface area contributed by atoms with E-state index in [0.29, 0.717) is 0 Å². The van der Waals surface area contributed by atoms with Crippen LogP contribution in [0.2, 0.25) is 0 Å². The second-order valence-electron chi connectivity index (χ2n) is 4.79. The Kier molecular flexibility index (Phi) is 4.51. The number of alkyl halides is 1. The fraction of sp³-hybridized carbons (Fsp3) is 0.400. The van der Waals surface area contributed by atoms with Crippen LogP contribution in [0.25, 0.3) is 6.08 Å². The average molecular weight is 386 g/mol. The first-order valence-corrected chi connectivity index (χ1v) is 8.31. The third-order valence-corrected chi connectivity index (χ3v) is 5.10. The first-order chi connectivity index (χ1) is 8.99. The van der Waals surface area contributed by atoms with Crippen molar-refractivity contribution in [2.45, 2.75) is 39.4 Å². The molecule has 0 saturated heterocycles. The summed E-state index contributed by atoms with van der Waals surface area (Å²) in [6, 6.07) is 0. The number of halogens is 2. The lowest BCUT2D eigenvalue weighted by atomic mass is 10.1. The molecule has 0 atom stereocenters. The zero-order valence-electron chi connectivity index (χ0n) is 11.7.